The fraction of sp³-hybridized carbons (Fsp3) is 0.286. The number of hydroxylamine groups is 1. The predicted molar refractivity (Wildman–Crippen MR) is 41.8 cm³/mol. The molecule has 0 aliphatic carbocycles. The topological polar surface area (TPSA) is 81.4 Å². The molecule has 5 nitrogen and oxygen atoms in total. The molecule has 0 aliphatic rings. The third kappa shape index (κ3) is 4.14. The van der Waals surface area contributed by atoms with Crippen LogP contribution in [0.15, 0.2) is 17.4 Å². The number of hydrogen-bond acceptors (Lipinski definition) is 3. The molecule has 0 aromatic rings. The van der Waals surface area contributed by atoms with Crippen LogP contribution in [0.25, 0.3) is 0 Å². The molecule has 5 heteroatoms. The average molecular weight is 170 g/mol. The summed E-state index contributed by atoms with van der Waals surface area (Å²) in [4.78, 5) is 25.1. The fourth-order valence-corrected chi connectivity index (χ4v) is 0.449. The number of amides is 2. The van der Waals surface area contributed by atoms with E-state index < -0.39 is 12.0 Å². The number of carbonyl (C=O) groups is 2. The minimum atomic E-state index is -0.920. The van der Waals surface area contributed by atoms with Gasteiger partial charge in [0.15, 0.2) is 0 Å². The molecular formula is C7H10N2O3. The number of nitrogens with one attached hydrogen (secondary N) is 1. The van der Waals surface area contributed by atoms with Crippen molar-refractivity contribution in [1.29, 1.82) is 0 Å². The Morgan fingerprint density at radius 1 is 1.58 bits per heavy atom. The van der Waals surface area contributed by atoms with E-state index >= 15 is 0 Å². The molecule has 0 unspecified atom stereocenters. The van der Waals surface area contributed by atoms with Crippen LogP contribution < -0.4 is 11.2 Å². The summed E-state index contributed by atoms with van der Waals surface area (Å²) in [5.74, 6) is -0.688. The van der Waals surface area contributed by atoms with Gasteiger partial charge in [-0.3, -0.25) is 0 Å². The Kier molecular flexibility index (Phi) is 4.26. The highest BCUT2D eigenvalue weighted by molar-refractivity contribution is 5.88. The highest BCUT2D eigenvalue weighted by atomic mass is 16.7. The number of hydrogen-bond donors (Lipinski definition) is 2. The van der Waals surface area contributed by atoms with Gasteiger partial charge in [-0.25, -0.2) is 9.59 Å². The van der Waals surface area contributed by atoms with Gasteiger partial charge < -0.3 is 10.6 Å². The molecule has 66 valence electrons. The number of nitrogens with two attached hydrogens (primary N) is 1. The van der Waals surface area contributed by atoms with Crippen LogP contribution in [0.4, 0.5) is 4.79 Å². The largest absolute Gasteiger partial charge is 0.366 e. The van der Waals surface area contributed by atoms with E-state index in [1.807, 2.05) is 0 Å². The second kappa shape index (κ2) is 4.98. The molecule has 0 fully saturated rings. The molecule has 12 heavy (non-hydrogen) atoms. The summed E-state index contributed by atoms with van der Waals surface area (Å²) >= 11 is 0. The van der Waals surface area contributed by atoms with Crippen LogP contribution >= 0.6 is 0 Å². The standard InChI is InChI=1S/C7H10N2O3/c1-3-4-5(2)6(10)12-9-7(8)11/h3H,1-2H3,(H3,8,9,11). The van der Waals surface area contributed by atoms with E-state index in [-0.39, 0.29) is 5.57 Å². The summed E-state index contributed by atoms with van der Waals surface area (Å²) in [6, 6.07) is -0.920. The zero-order valence-corrected chi connectivity index (χ0v) is 6.88. The van der Waals surface area contributed by atoms with E-state index in [1.54, 1.807) is 18.5 Å². The zero-order valence-electron chi connectivity index (χ0n) is 6.88. The SMILES string of the molecule is CC=C=C(C)C(=O)ONC(N)=O. The summed E-state index contributed by atoms with van der Waals surface area (Å²) in [5, 5.41) is 0. The molecule has 0 saturated heterocycles. The van der Waals surface area contributed by atoms with Crippen LogP contribution in [0, 0.1) is 0 Å². The minimum absolute atomic E-state index is 0.256. The van der Waals surface area contributed by atoms with Crippen molar-refractivity contribution in [1.82, 2.24) is 5.48 Å². The minimum Gasteiger partial charge on any atom is -0.349 e. The molecule has 0 aromatic carbocycles. The summed E-state index contributed by atoms with van der Waals surface area (Å²) in [7, 11) is 0. The van der Waals surface area contributed by atoms with Crippen LogP contribution in [0.3, 0.4) is 0 Å². The molecule has 0 bridgehead atoms. The second-order valence-corrected chi connectivity index (χ2v) is 1.91. The van der Waals surface area contributed by atoms with Crippen molar-refractivity contribution in [3.63, 3.8) is 0 Å². The van der Waals surface area contributed by atoms with Gasteiger partial charge in [0.1, 0.15) is 0 Å². The molecule has 0 saturated carbocycles. The van der Waals surface area contributed by atoms with E-state index in [0.717, 1.165) is 0 Å². The summed E-state index contributed by atoms with van der Waals surface area (Å²) in [5.41, 5.74) is 9.20. The summed E-state index contributed by atoms with van der Waals surface area (Å²) < 4.78 is 0. The Labute approximate surface area is 69.8 Å². The van der Waals surface area contributed by atoms with Crippen molar-refractivity contribution in [3.8, 4) is 0 Å². The first-order valence-corrected chi connectivity index (χ1v) is 3.22. The predicted octanol–water partition coefficient (Wildman–Crippen LogP) is 0.234. The normalized spacial score (nSPS) is 7.83. The Morgan fingerprint density at radius 3 is 2.58 bits per heavy atom. The van der Waals surface area contributed by atoms with Crippen LogP contribution in [-0.4, -0.2) is 12.0 Å². The van der Waals surface area contributed by atoms with Gasteiger partial charge in [0.2, 0.25) is 0 Å². The highest BCUT2D eigenvalue weighted by Crippen LogP contribution is 1.91. The van der Waals surface area contributed by atoms with Gasteiger partial charge >= 0.3 is 12.0 Å². The van der Waals surface area contributed by atoms with Gasteiger partial charge in [0.05, 0.1) is 5.57 Å². The van der Waals surface area contributed by atoms with Crippen molar-refractivity contribution in [2.45, 2.75) is 13.8 Å². The quantitative estimate of drug-likeness (QED) is 0.336. The number of primary amides is 1. The molecule has 0 radical (unpaired) electrons. The maximum atomic E-state index is 10.8. The average Bonchev–Trinajstić information content (AvgIpc) is 2.00. The molecule has 2 amide bonds. The van der Waals surface area contributed by atoms with E-state index in [2.05, 4.69) is 16.3 Å². The first-order valence-electron chi connectivity index (χ1n) is 3.22. The van der Waals surface area contributed by atoms with Gasteiger partial charge in [-0.2, -0.15) is 5.48 Å². The number of rotatable bonds is 1. The Bertz CT molecular complexity index is 251. The highest BCUT2D eigenvalue weighted by Gasteiger charge is 2.05. The second-order valence-electron chi connectivity index (χ2n) is 1.91. The lowest BCUT2D eigenvalue weighted by molar-refractivity contribution is -0.143. The van der Waals surface area contributed by atoms with E-state index in [1.165, 1.54) is 6.92 Å². The van der Waals surface area contributed by atoms with Crippen molar-refractivity contribution in [2.75, 3.05) is 0 Å². The van der Waals surface area contributed by atoms with Gasteiger partial charge in [-0.05, 0) is 19.9 Å². The van der Waals surface area contributed by atoms with Crippen LogP contribution in [0.2, 0.25) is 0 Å². The lowest BCUT2D eigenvalue weighted by atomic mass is 10.3. The maximum Gasteiger partial charge on any atom is 0.366 e. The lowest BCUT2D eigenvalue weighted by Crippen LogP contribution is -2.31. The smallest absolute Gasteiger partial charge is 0.349 e. The van der Waals surface area contributed by atoms with E-state index in [0.29, 0.717) is 0 Å². The fourth-order valence-electron chi connectivity index (χ4n) is 0.449. The van der Waals surface area contributed by atoms with E-state index in [4.69, 9.17) is 0 Å². The van der Waals surface area contributed by atoms with Crippen LogP contribution in [-0.2, 0) is 9.63 Å². The zero-order chi connectivity index (χ0) is 9.56. The van der Waals surface area contributed by atoms with Crippen LogP contribution in [0.1, 0.15) is 13.8 Å². The molecule has 0 aromatic heterocycles. The number of carbonyl (C=O) groups excluding carboxylic acids is 2. The van der Waals surface area contributed by atoms with Crippen molar-refractivity contribution >= 4 is 12.0 Å². The van der Waals surface area contributed by atoms with Gasteiger partial charge in [0.25, 0.3) is 0 Å². The molecule has 0 rings (SSSR count). The van der Waals surface area contributed by atoms with Crippen molar-refractivity contribution < 1.29 is 14.4 Å². The molecular weight excluding hydrogens is 160 g/mol. The Hall–Kier alpha value is -1.74. The number of urea groups is 1. The third-order valence-corrected chi connectivity index (χ3v) is 0.911. The Morgan fingerprint density at radius 2 is 2.17 bits per heavy atom. The third-order valence-electron chi connectivity index (χ3n) is 0.911. The van der Waals surface area contributed by atoms with Gasteiger partial charge in [-0.15, -0.1) is 5.73 Å². The molecule has 0 aliphatic heterocycles. The van der Waals surface area contributed by atoms with Gasteiger partial charge in [-0.1, -0.05) is 0 Å². The van der Waals surface area contributed by atoms with Crippen LogP contribution in [0.5, 0.6) is 0 Å². The molecule has 0 spiro atoms. The monoisotopic (exact) mass is 170 g/mol. The van der Waals surface area contributed by atoms with Gasteiger partial charge in [0, 0.05) is 0 Å². The van der Waals surface area contributed by atoms with Crippen molar-refractivity contribution in [2.24, 2.45) is 5.73 Å². The maximum absolute atomic E-state index is 10.8. The van der Waals surface area contributed by atoms with E-state index in [9.17, 15) is 9.59 Å². The lowest BCUT2D eigenvalue weighted by Gasteiger charge is -2.00. The first-order chi connectivity index (χ1) is 5.57. The Balaban J connectivity index is 4.06. The summed E-state index contributed by atoms with van der Waals surface area (Å²) in [6.07, 6.45) is 1.56. The molecule has 0 heterocycles. The molecule has 0 atom stereocenters. The van der Waals surface area contributed by atoms with Crippen molar-refractivity contribution in [3.05, 3.63) is 17.4 Å². The first kappa shape index (κ1) is 10.3. The molecule has 3 N–H and O–H groups in total. The summed E-state index contributed by atoms with van der Waals surface area (Å²) in [6.45, 7) is 3.21.